The van der Waals surface area contributed by atoms with Crippen LogP contribution in [0.4, 0.5) is 14.5 Å². The van der Waals surface area contributed by atoms with Gasteiger partial charge in [-0.3, -0.25) is 19.5 Å². The SMILES string of the molecule is CC(=O)Nc1c2c(nc3ccccc13)CCN(CCC(CN(C)C(=O)c1ccccc1)c1ccc(F)c(F)c1)C2. The molecule has 2 amide bonds. The van der Waals surface area contributed by atoms with Gasteiger partial charge in [-0.1, -0.05) is 42.5 Å². The second-order valence-electron chi connectivity index (χ2n) is 10.3. The van der Waals surface area contributed by atoms with Gasteiger partial charge in [-0.2, -0.15) is 0 Å². The van der Waals surface area contributed by atoms with Gasteiger partial charge in [0.15, 0.2) is 11.6 Å². The molecule has 1 aliphatic rings. The molecular formula is C32H32F2N4O2. The Morgan fingerprint density at radius 1 is 1.02 bits per heavy atom. The van der Waals surface area contributed by atoms with E-state index in [0.717, 1.165) is 46.9 Å². The first kappa shape index (κ1) is 27.4. The van der Waals surface area contributed by atoms with Crippen molar-refractivity contribution in [2.45, 2.75) is 32.2 Å². The van der Waals surface area contributed by atoms with E-state index in [1.807, 2.05) is 42.5 Å². The highest BCUT2D eigenvalue weighted by Gasteiger charge is 2.25. The van der Waals surface area contributed by atoms with Crippen LogP contribution in [0.15, 0.2) is 72.8 Å². The maximum absolute atomic E-state index is 14.2. The Balaban J connectivity index is 1.37. The lowest BCUT2D eigenvalue weighted by Crippen LogP contribution is -2.35. The van der Waals surface area contributed by atoms with Crippen molar-refractivity contribution in [3.05, 3.63) is 107 Å². The molecule has 0 spiro atoms. The number of amides is 2. The molecule has 0 radical (unpaired) electrons. The summed E-state index contributed by atoms with van der Waals surface area (Å²) in [4.78, 5) is 33.9. The molecule has 1 unspecified atom stereocenters. The molecule has 0 aliphatic carbocycles. The van der Waals surface area contributed by atoms with E-state index in [1.165, 1.54) is 13.0 Å². The molecule has 0 bridgehead atoms. The average Bonchev–Trinajstić information content (AvgIpc) is 2.96. The summed E-state index contributed by atoms with van der Waals surface area (Å²) in [5, 5.41) is 3.93. The summed E-state index contributed by atoms with van der Waals surface area (Å²) >= 11 is 0. The highest BCUT2D eigenvalue weighted by molar-refractivity contribution is 6.01. The third kappa shape index (κ3) is 6.02. The molecule has 40 heavy (non-hydrogen) atoms. The highest BCUT2D eigenvalue weighted by Crippen LogP contribution is 2.33. The van der Waals surface area contributed by atoms with Gasteiger partial charge in [0.05, 0.1) is 11.2 Å². The number of nitrogens with one attached hydrogen (secondary N) is 1. The molecular weight excluding hydrogens is 510 g/mol. The minimum Gasteiger partial charge on any atom is -0.341 e. The number of halogens is 2. The normalized spacial score (nSPS) is 14.0. The van der Waals surface area contributed by atoms with Gasteiger partial charge in [0.2, 0.25) is 5.91 Å². The van der Waals surface area contributed by atoms with E-state index in [1.54, 1.807) is 30.1 Å². The largest absolute Gasteiger partial charge is 0.341 e. The average molecular weight is 543 g/mol. The van der Waals surface area contributed by atoms with Crippen LogP contribution in [0.3, 0.4) is 0 Å². The number of hydrogen-bond donors (Lipinski definition) is 1. The Hall–Kier alpha value is -4.17. The number of benzene rings is 3. The van der Waals surface area contributed by atoms with Gasteiger partial charge in [-0.25, -0.2) is 8.78 Å². The van der Waals surface area contributed by atoms with Gasteiger partial charge in [-0.15, -0.1) is 0 Å². The lowest BCUT2D eigenvalue weighted by Gasteiger charge is -2.32. The van der Waals surface area contributed by atoms with Crippen LogP contribution in [0.25, 0.3) is 10.9 Å². The van der Waals surface area contributed by atoms with Crippen molar-refractivity contribution in [1.82, 2.24) is 14.8 Å². The Labute approximate surface area is 232 Å². The molecule has 4 aromatic rings. The summed E-state index contributed by atoms with van der Waals surface area (Å²) in [5.74, 6) is -2.27. The van der Waals surface area contributed by atoms with Crippen LogP contribution in [0.5, 0.6) is 0 Å². The number of aromatic nitrogens is 1. The number of para-hydroxylation sites is 1. The molecule has 3 aromatic carbocycles. The van der Waals surface area contributed by atoms with E-state index in [4.69, 9.17) is 4.98 Å². The zero-order valence-corrected chi connectivity index (χ0v) is 22.7. The summed E-state index contributed by atoms with van der Waals surface area (Å²) in [6.07, 6.45) is 1.36. The van der Waals surface area contributed by atoms with Crippen LogP contribution in [-0.2, 0) is 17.8 Å². The van der Waals surface area contributed by atoms with Crippen LogP contribution in [-0.4, -0.2) is 53.3 Å². The van der Waals surface area contributed by atoms with Crippen molar-refractivity contribution in [2.75, 3.05) is 32.0 Å². The molecule has 1 aliphatic heterocycles. The number of anilines is 1. The number of carbonyl (C=O) groups excluding carboxylic acids is 2. The number of pyridine rings is 1. The molecule has 8 heteroatoms. The zero-order valence-electron chi connectivity index (χ0n) is 22.7. The number of fused-ring (bicyclic) bond motifs is 2. The quantitative estimate of drug-likeness (QED) is 0.307. The third-order valence-electron chi connectivity index (χ3n) is 7.50. The summed E-state index contributed by atoms with van der Waals surface area (Å²) in [6.45, 7) is 3.91. The van der Waals surface area contributed by atoms with Crippen molar-refractivity contribution < 1.29 is 18.4 Å². The molecule has 1 aromatic heterocycles. The van der Waals surface area contributed by atoms with E-state index in [9.17, 15) is 18.4 Å². The number of likely N-dealkylation sites (N-methyl/N-ethyl adjacent to an activating group) is 1. The van der Waals surface area contributed by atoms with Crippen molar-refractivity contribution in [3.8, 4) is 0 Å². The Morgan fingerprint density at radius 2 is 1.77 bits per heavy atom. The van der Waals surface area contributed by atoms with Gasteiger partial charge in [0, 0.05) is 68.2 Å². The molecule has 0 fully saturated rings. The van der Waals surface area contributed by atoms with E-state index in [-0.39, 0.29) is 17.7 Å². The monoisotopic (exact) mass is 542 g/mol. The van der Waals surface area contributed by atoms with E-state index < -0.39 is 11.6 Å². The Bertz CT molecular complexity index is 1540. The van der Waals surface area contributed by atoms with Gasteiger partial charge < -0.3 is 10.2 Å². The van der Waals surface area contributed by atoms with E-state index >= 15 is 0 Å². The Kier molecular flexibility index (Phi) is 8.16. The lowest BCUT2D eigenvalue weighted by atomic mass is 9.93. The predicted octanol–water partition coefficient (Wildman–Crippen LogP) is 5.78. The third-order valence-corrected chi connectivity index (χ3v) is 7.50. The first-order valence-corrected chi connectivity index (χ1v) is 13.5. The zero-order chi connectivity index (χ0) is 28.2. The fourth-order valence-electron chi connectivity index (χ4n) is 5.44. The Morgan fingerprint density at radius 3 is 2.52 bits per heavy atom. The van der Waals surface area contributed by atoms with Crippen molar-refractivity contribution in [2.24, 2.45) is 0 Å². The fourth-order valence-corrected chi connectivity index (χ4v) is 5.44. The minimum absolute atomic E-state index is 0.127. The van der Waals surface area contributed by atoms with E-state index in [0.29, 0.717) is 37.2 Å². The van der Waals surface area contributed by atoms with Crippen LogP contribution in [0, 0.1) is 11.6 Å². The maximum atomic E-state index is 14.2. The molecule has 1 N–H and O–H groups in total. The van der Waals surface area contributed by atoms with Crippen molar-refractivity contribution in [1.29, 1.82) is 0 Å². The highest BCUT2D eigenvalue weighted by atomic mass is 19.2. The number of nitrogens with zero attached hydrogens (tertiary/aromatic N) is 3. The summed E-state index contributed by atoms with van der Waals surface area (Å²) < 4.78 is 28.0. The second-order valence-corrected chi connectivity index (χ2v) is 10.3. The van der Waals surface area contributed by atoms with Crippen molar-refractivity contribution in [3.63, 3.8) is 0 Å². The van der Waals surface area contributed by atoms with Gasteiger partial charge in [0.1, 0.15) is 0 Å². The maximum Gasteiger partial charge on any atom is 0.253 e. The smallest absolute Gasteiger partial charge is 0.253 e. The molecule has 5 rings (SSSR count). The second kappa shape index (κ2) is 11.9. The van der Waals surface area contributed by atoms with Crippen LogP contribution >= 0.6 is 0 Å². The van der Waals surface area contributed by atoms with Crippen LogP contribution in [0.1, 0.15) is 46.4 Å². The van der Waals surface area contributed by atoms with Crippen LogP contribution < -0.4 is 5.32 Å². The topological polar surface area (TPSA) is 65.5 Å². The summed E-state index contributed by atoms with van der Waals surface area (Å²) in [5.41, 5.74) is 4.85. The van der Waals surface area contributed by atoms with Crippen LogP contribution in [0.2, 0.25) is 0 Å². The molecule has 0 saturated carbocycles. The van der Waals surface area contributed by atoms with Gasteiger partial charge >= 0.3 is 0 Å². The number of hydrogen-bond acceptors (Lipinski definition) is 4. The molecule has 1 atom stereocenters. The predicted molar refractivity (Wildman–Crippen MR) is 152 cm³/mol. The van der Waals surface area contributed by atoms with Gasteiger partial charge in [0.25, 0.3) is 5.91 Å². The number of rotatable bonds is 8. The molecule has 206 valence electrons. The first-order chi connectivity index (χ1) is 19.3. The van der Waals surface area contributed by atoms with Gasteiger partial charge in [-0.05, 0) is 48.9 Å². The fraction of sp³-hybridized carbons (Fsp3) is 0.281. The molecule has 2 heterocycles. The molecule has 6 nitrogen and oxygen atoms in total. The first-order valence-electron chi connectivity index (χ1n) is 13.5. The lowest BCUT2D eigenvalue weighted by molar-refractivity contribution is -0.114. The summed E-state index contributed by atoms with van der Waals surface area (Å²) in [7, 11) is 1.73. The van der Waals surface area contributed by atoms with Crippen molar-refractivity contribution >= 4 is 28.4 Å². The molecule has 0 saturated heterocycles. The van der Waals surface area contributed by atoms with E-state index in [2.05, 4.69) is 10.2 Å². The minimum atomic E-state index is -0.899. The number of carbonyl (C=O) groups is 2. The summed E-state index contributed by atoms with van der Waals surface area (Å²) in [6, 6.07) is 20.8. The standard InChI is InChI=1S/C32H32F2N4O2/c1-21(39)35-31-25-10-6-7-11-29(25)36-30-15-17-38(20-26(30)31)16-14-24(23-12-13-27(33)28(34)18-23)19-37(2)32(40)22-8-4-3-5-9-22/h3-13,18,24H,14-17,19-20H2,1-2H3,(H,35,36,39).